The van der Waals surface area contributed by atoms with Gasteiger partial charge in [0, 0.05) is 12.3 Å². The molecule has 0 fully saturated rings. The van der Waals surface area contributed by atoms with E-state index in [-0.39, 0.29) is 25.4 Å². The monoisotopic (exact) mass is 482 g/mol. The number of carbonyl (C=O) groups excluding carboxylic acids is 3. The average molecular weight is 483 g/mol. The summed E-state index contributed by atoms with van der Waals surface area (Å²) in [6, 6.07) is 13.6. The van der Waals surface area contributed by atoms with Gasteiger partial charge in [0.2, 0.25) is 5.91 Å². The van der Waals surface area contributed by atoms with Crippen molar-refractivity contribution in [3.8, 4) is 11.1 Å². The zero-order valence-electron chi connectivity index (χ0n) is 19.8. The van der Waals surface area contributed by atoms with Crippen LogP contribution in [0.1, 0.15) is 49.7 Å². The topological polar surface area (TPSA) is 131 Å². The fourth-order valence-electron chi connectivity index (χ4n) is 4.23. The van der Waals surface area contributed by atoms with E-state index in [1.54, 1.807) is 0 Å². The number of methoxy groups -OCH3 is 1. The molecule has 2 atom stereocenters. The van der Waals surface area contributed by atoms with E-state index in [1.807, 2.05) is 55.5 Å². The van der Waals surface area contributed by atoms with Crippen molar-refractivity contribution in [3.63, 3.8) is 0 Å². The van der Waals surface area contributed by atoms with Gasteiger partial charge in [0.25, 0.3) is 0 Å². The molecule has 1 aliphatic rings. The highest BCUT2D eigenvalue weighted by Crippen LogP contribution is 2.44. The van der Waals surface area contributed by atoms with Crippen LogP contribution in [0, 0.1) is 0 Å². The minimum absolute atomic E-state index is 0.0944. The maximum Gasteiger partial charge on any atom is 0.407 e. The fourth-order valence-corrected chi connectivity index (χ4v) is 4.23. The summed E-state index contributed by atoms with van der Waals surface area (Å²) in [5, 5.41) is 14.3. The average Bonchev–Trinajstić information content (AvgIpc) is 3.18. The molecule has 2 amide bonds. The Balaban J connectivity index is 1.61. The van der Waals surface area contributed by atoms with Crippen molar-refractivity contribution >= 4 is 23.9 Å². The normalized spacial score (nSPS) is 13.7. The van der Waals surface area contributed by atoms with Crippen LogP contribution in [0.5, 0.6) is 0 Å². The largest absolute Gasteiger partial charge is 0.480 e. The Labute approximate surface area is 203 Å². The van der Waals surface area contributed by atoms with Crippen LogP contribution in [-0.2, 0) is 23.9 Å². The maximum absolute atomic E-state index is 12.7. The first-order valence-corrected chi connectivity index (χ1v) is 11.6. The van der Waals surface area contributed by atoms with E-state index in [2.05, 4.69) is 15.4 Å². The number of carbonyl (C=O) groups is 4. The molecule has 0 aromatic heterocycles. The molecule has 9 heteroatoms. The summed E-state index contributed by atoms with van der Waals surface area (Å²) < 4.78 is 10.0. The Morgan fingerprint density at radius 1 is 0.914 bits per heavy atom. The summed E-state index contributed by atoms with van der Waals surface area (Å²) in [6.07, 6.45) is -0.188. The van der Waals surface area contributed by atoms with Crippen molar-refractivity contribution in [3.05, 3.63) is 59.7 Å². The van der Waals surface area contributed by atoms with E-state index < -0.39 is 36.0 Å². The maximum atomic E-state index is 12.7. The highest BCUT2D eigenvalue weighted by atomic mass is 16.5. The molecule has 0 bridgehead atoms. The minimum atomic E-state index is -1.29. The number of amides is 2. The van der Waals surface area contributed by atoms with E-state index in [9.17, 15) is 24.3 Å². The van der Waals surface area contributed by atoms with Gasteiger partial charge in [-0.05, 0) is 35.1 Å². The molecule has 3 rings (SSSR count). The van der Waals surface area contributed by atoms with Gasteiger partial charge in [-0.25, -0.2) is 9.59 Å². The molecule has 35 heavy (non-hydrogen) atoms. The van der Waals surface area contributed by atoms with E-state index in [4.69, 9.17) is 4.74 Å². The smallest absolute Gasteiger partial charge is 0.407 e. The van der Waals surface area contributed by atoms with Crippen molar-refractivity contribution in [1.29, 1.82) is 0 Å². The predicted octanol–water partition coefficient (Wildman–Crippen LogP) is 3.22. The van der Waals surface area contributed by atoms with Crippen LogP contribution in [0.4, 0.5) is 4.79 Å². The molecule has 2 aromatic rings. The van der Waals surface area contributed by atoms with Crippen molar-refractivity contribution < 1.29 is 33.8 Å². The van der Waals surface area contributed by atoms with Crippen molar-refractivity contribution in [2.24, 2.45) is 0 Å². The molecule has 0 radical (unpaired) electrons. The van der Waals surface area contributed by atoms with Crippen molar-refractivity contribution in [2.45, 2.75) is 50.6 Å². The Bertz CT molecular complexity index is 1040. The Hall–Kier alpha value is -3.88. The van der Waals surface area contributed by atoms with Crippen LogP contribution in [0.25, 0.3) is 11.1 Å². The summed E-state index contributed by atoms with van der Waals surface area (Å²) in [4.78, 5) is 48.2. The van der Waals surface area contributed by atoms with Gasteiger partial charge in [0.1, 0.15) is 18.7 Å². The number of fused-ring (bicyclic) bond motifs is 3. The van der Waals surface area contributed by atoms with Crippen molar-refractivity contribution in [2.75, 3.05) is 13.7 Å². The fraction of sp³-hybridized carbons (Fsp3) is 0.385. The number of nitrogens with one attached hydrogen (secondary N) is 2. The number of ether oxygens (including phenoxy) is 2. The van der Waals surface area contributed by atoms with E-state index in [0.29, 0.717) is 12.8 Å². The molecule has 0 heterocycles. The first-order valence-electron chi connectivity index (χ1n) is 11.6. The number of hydrogen-bond donors (Lipinski definition) is 3. The number of carboxylic acids is 1. The molecule has 3 N–H and O–H groups in total. The lowest BCUT2D eigenvalue weighted by Crippen LogP contribution is -2.51. The quantitative estimate of drug-likeness (QED) is 0.419. The Kier molecular flexibility index (Phi) is 8.83. The van der Waals surface area contributed by atoms with Crippen molar-refractivity contribution in [1.82, 2.24) is 10.6 Å². The molecule has 186 valence electrons. The number of alkyl carbamates (subject to hydrolysis) is 1. The molecule has 0 aliphatic heterocycles. The Morgan fingerprint density at radius 2 is 1.51 bits per heavy atom. The summed E-state index contributed by atoms with van der Waals surface area (Å²) >= 11 is 0. The number of esters is 1. The lowest BCUT2D eigenvalue weighted by atomic mass is 9.98. The van der Waals surface area contributed by atoms with E-state index >= 15 is 0 Å². The highest BCUT2D eigenvalue weighted by Gasteiger charge is 2.30. The number of carboxylic acid groups (broad SMARTS) is 1. The first-order chi connectivity index (χ1) is 16.8. The second-order valence-corrected chi connectivity index (χ2v) is 8.33. The third-order valence-electron chi connectivity index (χ3n) is 6.01. The second-order valence-electron chi connectivity index (χ2n) is 8.33. The van der Waals surface area contributed by atoms with E-state index in [0.717, 1.165) is 22.3 Å². The number of benzene rings is 2. The van der Waals surface area contributed by atoms with Crippen LogP contribution in [0.3, 0.4) is 0 Å². The molecule has 2 aromatic carbocycles. The SMILES string of the molecule is CCCC(NC(=O)OCC1c2ccccc2-c2ccccc21)C(=O)N[C@H](CCC(=O)OC)C(=O)O. The standard InChI is InChI=1S/C26H30N2O7/c1-3-8-21(24(30)27-22(25(31)32)13-14-23(29)34-2)28-26(33)35-15-20-18-11-6-4-9-16(18)17-10-5-7-12-19(17)20/h4-7,9-12,20-22H,3,8,13-15H2,1-2H3,(H,27,30)(H,28,33)(H,31,32)/t21?,22-/m1/s1. The number of hydrogen-bond acceptors (Lipinski definition) is 6. The highest BCUT2D eigenvalue weighted by molar-refractivity contribution is 5.89. The van der Waals surface area contributed by atoms with Gasteiger partial charge in [-0.15, -0.1) is 0 Å². The third-order valence-corrected chi connectivity index (χ3v) is 6.01. The molecule has 0 saturated heterocycles. The van der Waals surface area contributed by atoms with Crippen LogP contribution in [0.2, 0.25) is 0 Å². The zero-order chi connectivity index (χ0) is 25.4. The predicted molar refractivity (Wildman–Crippen MR) is 128 cm³/mol. The number of rotatable bonds is 11. The summed E-state index contributed by atoms with van der Waals surface area (Å²) in [6.45, 7) is 1.93. The molecule has 9 nitrogen and oxygen atoms in total. The molecule has 0 spiro atoms. The van der Waals surface area contributed by atoms with Crippen LogP contribution >= 0.6 is 0 Å². The lowest BCUT2D eigenvalue weighted by molar-refractivity contribution is -0.144. The lowest BCUT2D eigenvalue weighted by Gasteiger charge is -2.21. The number of aliphatic carboxylic acids is 1. The molecule has 0 saturated carbocycles. The van der Waals surface area contributed by atoms with Gasteiger partial charge >= 0.3 is 18.0 Å². The molecular weight excluding hydrogens is 452 g/mol. The van der Waals surface area contributed by atoms with Gasteiger partial charge in [-0.3, -0.25) is 9.59 Å². The van der Waals surface area contributed by atoms with Gasteiger partial charge in [0.05, 0.1) is 7.11 Å². The molecule has 1 unspecified atom stereocenters. The summed E-state index contributed by atoms with van der Waals surface area (Å²) in [7, 11) is 1.20. The van der Waals surface area contributed by atoms with Crippen LogP contribution in [-0.4, -0.2) is 54.8 Å². The van der Waals surface area contributed by atoms with E-state index in [1.165, 1.54) is 7.11 Å². The van der Waals surface area contributed by atoms with Crippen LogP contribution in [0.15, 0.2) is 48.5 Å². The van der Waals surface area contributed by atoms with Gasteiger partial charge < -0.3 is 25.2 Å². The molecule has 1 aliphatic carbocycles. The second kappa shape index (κ2) is 12.0. The molecular formula is C26H30N2O7. The van der Waals surface area contributed by atoms with Crippen LogP contribution < -0.4 is 10.6 Å². The summed E-state index contributed by atoms with van der Waals surface area (Å²) in [5.74, 6) is -2.63. The van der Waals surface area contributed by atoms with Gasteiger partial charge in [-0.1, -0.05) is 61.9 Å². The zero-order valence-corrected chi connectivity index (χ0v) is 19.8. The summed E-state index contributed by atoms with van der Waals surface area (Å²) in [5.41, 5.74) is 4.34. The Morgan fingerprint density at radius 3 is 2.06 bits per heavy atom. The first kappa shape index (κ1) is 25.7. The van der Waals surface area contributed by atoms with Gasteiger partial charge in [-0.2, -0.15) is 0 Å². The third kappa shape index (κ3) is 6.38. The van der Waals surface area contributed by atoms with Gasteiger partial charge in [0.15, 0.2) is 0 Å². The minimum Gasteiger partial charge on any atom is -0.480 e.